The molecular formula is C19H20FN3O3. The van der Waals surface area contributed by atoms with Crippen molar-refractivity contribution in [2.75, 3.05) is 20.2 Å². The summed E-state index contributed by atoms with van der Waals surface area (Å²) in [4.78, 5) is 26.8. The van der Waals surface area contributed by atoms with Gasteiger partial charge in [0.1, 0.15) is 5.82 Å². The van der Waals surface area contributed by atoms with E-state index in [0.717, 1.165) is 30.5 Å². The van der Waals surface area contributed by atoms with E-state index in [9.17, 15) is 14.0 Å². The van der Waals surface area contributed by atoms with Crippen LogP contribution in [0.5, 0.6) is 0 Å². The highest BCUT2D eigenvalue weighted by Gasteiger charge is 2.43. The zero-order valence-corrected chi connectivity index (χ0v) is 14.5. The first-order valence-electron chi connectivity index (χ1n) is 8.77. The van der Waals surface area contributed by atoms with Crippen LogP contribution in [-0.4, -0.2) is 47.2 Å². The number of nitrogens with one attached hydrogen (secondary N) is 1. The van der Waals surface area contributed by atoms with E-state index >= 15 is 0 Å². The molecule has 0 bridgehead atoms. The molecule has 1 aliphatic carbocycles. The number of H-pyrrole nitrogens is 1. The lowest BCUT2D eigenvalue weighted by atomic mass is 9.88. The fourth-order valence-corrected chi connectivity index (χ4v) is 4.10. The summed E-state index contributed by atoms with van der Waals surface area (Å²) in [7, 11) is 1.31. The van der Waals surface area contributed by atoms with Gasteiger partial charge in [-0.05, 0) is 30.9 Å². The largest absolute Gasteiger partial charge is 0.469 e. The van der Waals surface area contributed by atoms with E-state index in [2.05, 4.69) is 10.2 Å². The SMILES string of the molecule is COC(=O)[C@H]1CN(C(=O)c2n[nH]c3c2CCC3)C[C@@H]1c1ccccc1F. The van der Waals surface area contributed by atoms with Gasteiger partial charge in [0.15, 0.2) is 5.69 Å². The second-order valence-corrected chi connectivity index (χ2v) is 6.85. The van der Waals surface area contributed by atoms with Gasteiger partial charge < -0.3 is 9.64 Å². The molecule has 2 aromatic rings. The number of hydrogen-bond donors (Lipinski definition) is 1. The van der Waals surface area contributed by atoms with Crippen molar-refractivity contribution in [1.82, 2.24) is 15.1 Å². The maximum Gasteiger partial charge on any atom is 0.311 e. The fraction of sp³-hybridized carbons (Fsp3) is 0.421. The summed E-state index contributed by atoms with van der Waals surface area (Å²) in [6.45, 7) is 0.466. The van der Waals surface area contributed by atoms with Gasteiger partial charge in [-0.1, -0.05) is 18.2 Å². The molecule has 0 unspecified atom stereocenters. The first-order chi connectivity index (χ1) is 12.6. The summed E-state index contributed by atoms with van der Waals surface area (Å²) in [6.07, 6.45) is 2.74. The Bertz CT molecular complexity index is 863. The predicted molar refractivity (Wildman–Crippen MR) is 91.2 cm³/mol. The summed E-state index contributed by atoms with van der Waals surface area (Å²) >= 11 is 0. The van der Waals surface area contributed by atoms with Crippen LogP contribution in [0.25, 0.3) is 0 Å². The number of carbonyl (C=O) groups excluding carboxylic acids is 2. The van der Waals surface area contributed by atoms with Crippen molar-refractivity contribution in [3.63, 3.8) is 0 Å². The number of likely N-dealkylation sites (tertiary alicyclic amines) is 1. The molecule has 2 heterocycles. The Morgan fingerprint density at radius 2 is 2.08 bits per heavy atom. The number of ether oxygens (including phenoxy) is 1. The average molecular weight is 357 g/mol. The first-order valence-corrected chi connectivity index (χ1v) is 8.77. The molecule has 2 aliphatic rings. The molecule has 1 amide bonds. The second kappa shape index (κ2) is 6.55. The number of fused-ring (bicyclic) bond motifs is 1. The Balaban J connectivity index is 1.63. The van der Waals surface area contributed by atoms with Gasteiger partial charge in [0.05, 0.1) is 13.0 Å². The molecular weight excluding hydrogens is 337 g/mol. The summed E-state index contributed by atoms with van der Waals surface area (Å²) in [5, 5.41) is 7.12. The smallest absolute Gasteiger partial charge is 0.311 e. The number of aromatic nitrogens is 2. The van der Waals surface area contributed by atoms with Crippen molar-refractivity contribution in [2.45, 2.75) is 25.2 Å². The van der Waals surface area contributed by atoms with E-state index < -0.39 is 17.8 Å². The van der Waals surface area contributed by atoms with E-state index in [0.29, 0.717) is 11.3 Å². The number of methoxy groups -OCH3 is 1. The number of carbonyl (C=O) groups is 2. The van der Waals surface area contributed by atoms with Crippen LogP contribution in [0.4, 0.5) is 4.39 Å². The number of rotatable bonds is 3. The average Bonchev–Trinajstić information content (AvgIpc) is 3.36. The van der Waals surface area contributed by atoms with Crippen LogP contribution < -0.4 is 0 Å². The third kappa shape index (κ3) is 2.67. The molecule has 1 aliphatic heterocycles. The van der Waals surface area contributed by atoms with Crippen LogP contribution in [0.15, 0.2) is 24.3 Å². The predicted octanol–water partition coefficient (Wildman–Crippen LogP) is 2.07. The molecule has 1 saturated heterocycles. The molecule has 26 heavy (non-hydrogen) atoms. The van der Waals surface area contributed by atoms with Gasteiger partial charge in [-0.3, -0.25) is 14.7 Å². The van der Waals surface area contributed by atoms with Gasteiger partial charge in [0.25, 0.3) is 5.91 Å². The highest BCUT2D eigenvalue weighted by atomic mass is 19.1. The molecule has 136 valence electrons. The number of hydrogen-bond acceptors (Lipinski definition) is 4. The van der Waals surface area contributed by atoms with E-state index in [4.69, 9.17) is 4.74 Å². The minimum absolute atomic E-state index is 0.201. The van der Waals surface area contributed by atoms with E-state index in [-0.39, 0.29) is 24.8 Å². The number of halogens is 1. The maximum absolute atomic E-state index is 14.3. The van der Waals surface area contributed by atoms with Crippen LogP contribution in [-0.2, 0) is 22.4 Å². The highest BCUT2D eigenvalue weighted by molar-refractivity contribution is 5.95. The number of esters is 1. The van der Waals surface area contributed by atoms with Crippen LogP contribution >= 0.6 is 0 Å². The van der Waals surface area contributed by atoms with Crippen LogP contribution in [0.3, 0.4) is 0 Å². The molecule has 1 N–H and O–H groups in total. The summed E-state index contributed by atoms with van der Waals surface area (Å²) in [5.41, 5.74) is 2.85. The zero-order valence-electron chi connectivity index (χ0n) is 14.5. The molecule has 1 aromatic carbocycles. The molecule has 0 spiro atoms. The summed E-state index contributed by atoms with van der Waals surface area (Å²) < 4.78 is 19.2. The number of aryl methyl sites for hydroxylation is 1. The van der Waals surface area contributed by atoms with Gasteiger partial charge in [0.2, 0.25) is 0 Å². The number of amides is 1. The highest BCUT2D eigenvalue weighted by Crippen LogP contribution is 2.36. The standard InChI is InChI=1S/C19H20FN3O3/c1-26-19(25)14-10-23(9-13(14)11-5-2-3-7-15(11)20)18(24)17-12-6-4-8-16(12)21-22-17/h2-3,5,7,13-14H,4,6,8-10H2,1H3,(H,21,22)/t13-,14+/m1/s1. The summed E-state index contributed by atoms with van der Waals surface area (Å²) in [6, 6.07) is 6.37. The van der Waals surface area contributed by atoms with E-state index in [1.165, 1.54) is 13.2 Å². The van der Waals surface area contributed by atoms with Gasteiger partial charge >= 0.3 is 5.97 Å². The minimum Gasteiger partial charge on any atom is -0.469 e. The molecule has 7 heteroatoms. The van der Waals surface area contributed by atoms with E-state index in [1.54, 1.807) is 23.1 Å². The molecule has 4 rings (SSSR count). The summed E-state index contributed by atoms with van der Waals surface area (Å²) in [5.74, 6) is -2.04. The maximum atomic E-state index is 14.3. The van der Waals surface area contributed by atoms with Crippen molar-refractivity contribution < 1.29 is 18.7 Å². The second-order valence-electron chi connectivity index (χ2n) is 6.85. The Labute approximate surface area is 150 Å². The zero-order chi connectivity index (χ0) is 18.3. The van der Waals surface area contributed by atoms with Crippen LogP contribution in [0.1, 0.15) is 39.6 Å². The third-order valence-corrected chi connectivity index (χ3v) is 5.42. The Kier molecular flexibility index (Phi) is 4.22. The first kappa shape index (κ1) is 16.8. The fourth-order valence-electron chi connectivity index (χ4n) is 4.10. The van der Waals surface area contributed by atoms with Gasteiger partial charge in [0, 0.05) is 30.3 Å². The molecule has 0 radical (unpaired) electrons. The Hall–Kier alpha value is -2.70. The number of nitrogens with zero attached hydrogens (tertiary/aromatic N) is 2. The van der Waals surface area contributed by atoms with E-state index in [1.807, 2.05) is 0 Å². The topological polar surface area (TPSA) is 75.3 Å². The minimum atomic E-state index is -0.590. The van der Waals surface area contributed by atoms with Gasteiger partial charge in [-0.15, -0.1) is 0 Å². The van der Waals surface area contributed by atoms with Crippen molar-refractivity contribution in [2.24, 2.45) is 5.92 Å². The number of benzene rings is 1. The van der Waals surface area contributed by atoms with Gasteiger partial charge in [-0.2, -0.15) is 5.10 Å². The third-order valence-electron chi connectivity index (χ3n) is 5.42. The van der Waals surface area contributed by atoms with Crippen molar-refractivity contribution in [3.8, 4) is 0 Å². The normalized spacial score (nSPS) is 21.7. The number of aromatic amines is 1. The van der Waals surface area contributed by atoms with Crippen molar-refractivity contribution >= 4 is 11.9 Å². The molecule has 0 saturated carbocycles. The monoisotopic (exact) mass is 357 g/mol. The van der Waals surface area contributed by atoms with Gasteiger partial charge in [-0.25, -0.2) is 4.39 Å². The van der Waals surface area contributed by atoms with Crippen molar-refractivity contribution in [1.29, 1.82) is 0 Å². The van der Waals surface area contributed by atoms with Crippen LogP contribution in [0, 0.1) is 11.7 Å². The molecule has 1 aromatic heterocycles. The quantitative estimate of drug-likeness (QED) is 0.854. The lowest BCUT2D eigenvalue weighted by Crippen LogP contribution is -2.31. The Morgan fingerprint density at radius 1 is 1.27 bits per heavy atom. The lowest BCUT2D eigenvalue weighted by molar-refractivity contribution is -0.145. The lowest BCUT2D eigenvalue weighted by Gasteiger charge is -2.17. The Morgan fingerprint density at radius 3 is 2.85 bits per heavy atom. The van der Waals surface area contributed by atoms with Crippen LogP contribution in [0.2, 0.25) is 0 Å². The molecule has 1 fully saturated rings. The molecule has 2 atom stereocenters. The van der Waals surface area contributed by atoms with Crippen molar-refractivity contribution in [3.05, 3.63) is 52.6 Å². The molecule has 6 nitrogen and oxygen atoms in total.